The minimum absolute atomic E-state index is 0.117. The molecule has 0 heterocycles. The van der Waals surface area contributed by atoms with Crippen LogP contribution in [0.3, 0.4) is 0 Å². The summed E-state index contributed by atoms with van der Waals surface area (Å²) in [6.45, 7) is -0.0289. The standard InChI is InChI=1S/C21H22N2O6/c1-4-13-28-20(24)22-16-9-8-12-18(14-16)29-21(25)23(15-19(26-2)27-3)17-10-6-5-7-11-17/h1,5-12,14,19H,13,15H2,2-3H3,(H,22,24). The van der Waals surface area contributed by atoms with Crippen LogP contribution in [0.2, 0.25) is 0 Å². The van der Waals surface area contributed by atoms with Gasteiger partial charge in [0.25, 0.3) is 0 Å². The average molecular weight is 398 g/mol. The lowest BCUT2D eigenvalue weighted by molar-refractivity contribution is -0.0943. The van der Waals surface area contributed by atoms with E-state index in [4.69, 9.17) is 25.4 Å². The zero-order valence-electron chi connectivity index (χ0n) is 16.2. The molecule has 0 aliphatic rings. The zero-order valence-corrected chi connectivity index (χ0v) is 16.2. The van der Waals surface area contributed by atoms with Crippen molar-refractivity contribution in [3.63, 3.8) is 0 Å². The van der Waals surface area contributed by atoms with Crippen molar-refractivity contribution < 1.29 is 28.5 Å². The summed E-state index contributed by atoms with van der Waals surface area (Å²) >= 11 is 0. The van der Waals surface area contributed by atoms with Gasteiger partial charge in [-0.1, -0.05) is 30.2 Å². The molecule has 0 aliphatic carbocycles. The Morgan fingerprint density at radius 3 is 2.48 bits per heavy atom. The molecule has 1 N–H and O–H groups in total. The van der Waals surface area contributed by atoms with Gasteiger partial charge in [0.2, 0.25) is 0 Å². The summed E-state index contributed by atoms with van der Waals surface area (Å²) in [5, 5.41) is 2.50. The molecule has 2 aromatic rings. The first-order valence-corrected chi connectivity index (χ1v) is 8.64. The molecule has 0 spiro atoms. The number of para-hydroxylation sites is 1. The van der Waals surface area contributed by atoms with E-state index in [1.165, 1.54) is 25.2 Å². The van der Waals surface area contributed by atoms with Gasteiger partial charge in [0, 0.05) is 31.7 Å². The van der Waals surface area contributed by atoms with E-state index in [1.807, 2.05) is 6.07 Å². The first-order valence-electron chi connectivity index (χ1n) is 8.64. The third-order valence-corrected chi connectivity index (χ3v) is 3.72. The van der Waals surface area contributed by atoms with Gasteiger partial charge in [-0.15, -0.1) is 6.42 Å². The average Bonchev–Trinajstić information content (AvgIpc) is 2.74. The number of terminal acetylenes is 1. The van der Waals surface area contributed by atoms with E-state index in [0.717, 1.165) is 0 Å². The molecule has 0 unspecified atom stereocenters. The number of hydrogen-bond donors (Lipinski definition) is 1. The predicted molar refractivity (Wildman–Crippen MR) is 108 cm³/mol. The lowest BCUT2D eigenvalue weighted by Crippen LogP contribution is -2.40. The Morgan fingerprint density at radius 2 is 1.83 bits per heavy atom. The third-order valence-electron chi connectivity index (χ3n) is 3.72. The van der Waals surface area contributed by atoms with Gasteiger partial charge in [-0.05, 0) is 24.3 Å². The second-order valence-corrected chi connectivity index (χ2v) is 5.65. The Balaban J connectivity index is 2.13. The van der Waals surface area contributed by atoms with Crippen LogP contribution in [-0.2, 0) is 14.2 Å². The molecule has 0 saturated carbocycles. The highest BCUT2D eigenvalue weighted by molar-refractivity contribution is 5.89. The van der Waals surface area contributed by atoms with E-state index < -0.39 is 18.5 Å². The number of nitrogens with zero attached hydrogens (tertiary/aromatic N) is 1. The Hall–Kier alpha value is -3.54. The maximum absolute atomic E-state index is 12.8. The number of nitrogens with one attached hydrogen (secondary N) is 1. The van der Waals surface area contributed by atoms with E-state index in [1.54, 1.807) is 42.5 Å². The number of amides is 2. The minimum Gasteiger partial charge on any atom is -0.436 e. The van der Waals surface area contributed by atoms with E-state index in [0.29, 0.717) is 11.4 Å². The first-order chi connectivity index (χ1) is 14.1. The lowest BCUT2D eigenvalue weighted by Gasteiger charge is -2.25. The number of carbonyl (C=O) groups excluding carboxylic acids is 2. The van der Waals surface area contributed by atoms with E-state index in [9.17, 15) is 9.59 Å². The zero-order chi connectivity index (χ0) is 21.1. The Kier molecular flexibility index (Phi) is 8.51. The van der Waals surface area contributed by atoms with Crippen LogP contribution in [0.15, 0.2) is 54.6 Å². The number of anilines is 2. The number of rotatable bonds is 8. The van der Waals surface area contributed by atoms with E-state index in [2.05, 4.69) is 11.2 Å². The molecule has 0 aliphatic heterocycles. The van der Waals surface area contributed by atoms with Crippen LogP contribution < -0.4 is 15.0 Å². The maximum atomic E-state index is 12.8. The monoisotopic (exact) mass is 398 g/mol. The number of methoxy groups -OCH3 is 2. The molecule has 0 bridgehead atoms. The molecule has 2 amide bonds. The molecule has 8 nitrogen and oxygen atoms in total. The van der Waals surface area contributed by atoms with Gasteiger partial charge in [0.15, 0.2) is 12.9 Å². The molecule has 0 atom stereocenters. The largest absolute Gasteiger partial charge is 0.436 e. The SMILES string of the molecule is C#CCOC(=O)Nc1cccc(OC(=O)N(CC(OC)OC)c2ccccc2)c1. The second kappa shape index (κ2) is 11.3. The fourth-order valence-electron chi connectivity index (χ4n) is 2.34. The van der Waals surface area contributed by atoms with Gasteiger partial charge in [-0.3, -0.25) is 10.2 Å². The summed E-state index contributed by atoms with van der Waals surface area (Å²) in [6, 6.07) is 15.3. The Labute approximate surface area is 169 Å². The molecule has 29 heavy (non-hydrogen) atoms. The molecule has 152 valence electrons. The minimum atomic E-state index is -0.708. The highest BCUT2D eigenvalue weighted by Gasteiger charge is 2.22. The molecule has 0 radical (unpaired) electrons. The molecule has 2 rings (SSSR count). The van der Waals surface area contributed by atoms with Gasteiger partial charge in [-0.25, -0.2) is 9.59 Å². The first kappa shape index (κ1) is 21.8. The summed E-state index contributed by atoms with van der Waals surface area (Å²) < 4.78 is 20.6. The van der Waals surface area contributed by atoms with Crippen LogP contribution in [-0.4, -0.2) is 45.8 Å². The smallest absolute Gasteiger partial charge is 0.419 e. The van der Waals surface area contributed by atoms with Crippen LogP contribution in [0.25, 0.3) is 0 Å². The van der Waals surface area contributed by atoms with Gasteiger partial charge >= 0.3 is 12.2 Å². The van der Waals surface area contributed by atoms with Crippen molar-refractivity contribution in [3.05, 3.63) is 54.6 Å². The van der Waals surface area contributed by atoms with Crippen LogP contribution in [0.4, 0.5) is 21.0 Å². The fraction of sp³-hybridized carbons (Fsp3) is 0.238. The van der Waals surface area contributed by atoms with Gasteiger partial charge in [-0.2, -0.15) is 0 Å². The predicted octanol–water partition coefficient (Wildman–Crippen LogP) is 3.49. The summed E-state index contributed by atoms with van der Waals surface area (Å²) in [4.78, 5) is 25.8. The van der Waals surface area contributed by atoms with Gasteiger partial charge < -0.3 is 18.9 Å². The Morgan fingerprint density at radius 1 is 1.10 bits per heavy atom. The third kappa shape index (κ3) is 6.84. The van der Waals surface area contributed by atoms with Crippen LogP contribution in [0, 0.1) is 12.3 Å². The summed E-state index contributed by atoms with van der Waals surface area (Å²) in [5.41, 5.74) is 0.999. The van der Waals surface area contributed by atoms with Gasteiger partial charge in [0.05, 0.1) is 6.54 Å². The molecular weight excluding hydrogens is 376 g/mol. The van der Waals surface area contributed by atoms with Crippen molar-refractivity contribution >= 4 is 23.6 Å². The topological polar surface area (TPSA) is 86.3 Å². The summed E-state index contributed by atoms with van der Waals surface area (Å²) in [5.74, 6) is 2.43. The molecule has 0 saturated heterocycles. The molecule has 0 fully saturated rings. The van der Waals surface area contributed by atoms with Crippen molar-refractivity contribution in [2.45, 2.75) is 6.29 Å². The van der Waals surface area contributed by atoms with Crippen molar-refractivity contribution in [1.82, 2.24) is 0 Å². The molecular formula is C21H22N2O6. The van der Waals surface area contributed by atoms with Crippen LogP contribution in [0.1, 0.15) is 0 Å². The Bertz CT molecular complexity index is 846. The molecule has 0 aromatic heterocycles. The lowest BCUT2D eigenvalue weighted by atomic mass is 10.3. The number of hydrogen-bond acceptors (Lipinski definition) is 6. The van der Waals surface area contributed by atoms with Crippen molar-refractivity contribution in [1.29, 1.82) is 0 Å². The number of benzene rings is 2. The maximum Gasteiger partial charge on any atom is 0.419 e. The molecule has 8 heteroatoms. The van der Waals surface area contributed by atoms with Crippen molar-refractivity contribution in [3.8, 4) is 18.1 Å². The van der Waals surface area contributed by atoms with E-state index >= 15 is 0 Å². The number of carbonyl (C=O) groups is 2. The fourth-order valence-corrected chi connectivity index (χ4v) is 2.34. The normalized spacial score (nSPS) is 10.1. The van der Waals surface area contributed by atoms with Crippen LogP contribution in [0.5, 0.6) is 5.75 Å². The highest BCUT2D eigenvalue weighted by atomic mass is 16.7. The summed E-state index contributed by atoms with van der Waals surface area (Å²) in [7, 11) is 2.97. The molecule has 2 aromatic carbocycles. The summed E-state index contributed by atoms with van der Waals surface area (Å²) in [6.07, 6.45) is 3.06. The second-order valence-electron chi connectivity index (χ2n) is 5.65. The van der Waals surface area contributed by atoms with Gasteiger partial charge in [0.1, 0.15) is 5.75 Å². The van der Waals surface area contributed by atoms with Crippen molar-refractivity contribution in [2.75, 3.05) is 37.6 Å². The van der Waals surface area contributed by atoms with Crippen molar-refractivity contribution in [2.24, 2.45) is 0 Å². The quantitative estimate of drug-likeness (QED) is 0.541. The number of ether oxygens (including phenoxy) is 4. The van der Waals surface area contributed by atoms with Crippen LogP contribution >= 0.6 is 0 Å². The highest BCUT2D eigenvalue weighted by Crippen LogP contribution is 2.21. The van der Waals surface area contributed by atoms with E-state index in [-0.39, 0.29) is 18.9 Å².